The lowest BCUT2D eigenvalue weighted by Gasteiger charge is -2.28. The molecular weight excluding hydrogens is 416 g/mol. The Balaban J connectivity index is 0.00000126. The van der Waals surface area contributed by atoms with E-state index in [-0.39, 0.29) is 0 Å². The highest BCUT2D eigenvalue weighted by Crippen LogP contribution is 2.60. The highest BCUT2D eigenvalue weighted by molar-refractivity contribution is 7.84. The number of hydrogen-bond acceptors (Lipinski definition) is 1. The van der Waals surface area contributed by atoms with Gasteiger partial charge in [-0.3, -0.25) is 0 Å². The summed E-state index contributed by atoms with van der Waals surface area (Å²) in [6.07, 6.45) is 21.0. The number of thiol groups is 1. The Labute approximate surface area is 206 Å². The molecule has 0 amide bonds. The van der Waals surface area contributed by atoms with Crippen molar-refractivity contribution in [2.45, 2.75) is 72.1 Å². The van der Waals surface area contributed by atoms with E-state index in [0.717, 1.165) is 11.3 Å². The lowest BCUT2D eigenvalue weighted by Crippen LogP contribution is -2.13. The zero-order valence-corrected chi connectivity index (χ0v) is 21.6. The van der Waals surface area contributed by atoms with Crippen LogP contribution in [0.15, 0.2) is 59.0 Å². The molecule has 1 saturated carbocycles. The number of allylic oxidation sites excluding steroid dienone is 4. The largest absolute Gasteiger partial charge is 0.143 e. The zero-order valence-electron chi connectivity index (χ0n) is 20.7. The normalized spacial score (nSPS) is 20.4. The fourth-order valence-electron chi connectivity index (χ4n) is 5.69. The smallest absolute Gasteiger partial charge is 0.00753 e. The number of fused-ring (bicyclic) bond motifs is 4. The maximum Gasteiger partial charge on any atom is 0.00753 e. The fourth-order valence-corrected chi connectivity index (χ4v) is 6.01. The van der Waals surface area contributed by atoms with E-state index in [1.807, 2.05) is 13.8 Å². The van der Waals surface area contributed by atoms with Gasteiger partial charge in [-0.2, -0.15) is 0 Å². The van der Waals surface area contributed by atoms with Crippen LogP contribution in [0.3, 0.4) is 0 Å². The van der Waals surface area contributed by atoms with E-state index in [1.54, 1.807) is 33.4 Å². The maximum atomic E-state index is 4.96. The molecule has 1 fully saturated rings. The summed E-state index contributed by atoms with van der Waals surface area (Å²) in [5.41, 5.74) is 12.3. The molecule has 2 aromatic carbocycles. The highest BCUT2D eigenvalue weighted by atomic mass is 32.1. The molecule has 3 aliphatic carbocycles. The van der Waals surface area contributed by atoms with Crippen LogP contribution < -0.4 is 0 Å². The van der Waals surface area contributed by atoms with Gasteiger partial charge >= 0.3 is 0 Å². The van der Waals surface area contributed by atoms with Gasteiger partial charge in [0.15, 0.2) is 0 Å². The second-order valence-corrected chi connectivity index (χ2v) is 9.57. The van der Waals surface area contributed by atoms with Crippen LogP contribution in [0, 0.1) is 5.92 Å². The van der Waals surface area contributed by atoms with Crippen LogP contribution >= 0.6 is 12.6 Å². The summed E-state index contributed by atoms with van der Waals surface area (Å²) in [6.45, 7) is 8.66. The van der Waals surface area contributed by atoms with Crippen molar-refractivity contribution in [3.63, 3.8) is 0 Å². The van der Waals surface area contributed by atoms with Gasteiger partial charge in [0.1, 0.15) is 0 Å². The minimum atomic E-state index is 0.645. The average Bonchev–Trinajstić information content (AvgIpc) is 3.66. The first-order valence-electron chi connectivity index (χ1n) is 12.9. The molecule has 2 aromatic rings. The Bertz CT molecular complexity index is 1110. The Kier molecular flexibility index (Phi) is 7.81. The van der Waals surface area contributed by atoms with Crippen LogP contribution in [0.5, 0.6) is 0 Å². The van der Waals surface area contributed by atoms with Gasteiger partial charge in [0.2, 0.25) is 0 Å². The van der Waals surface area contributed by atoms with Crippen molar-refractivity contribution in [1.29, 1.82) is 0 Å². The third-order valence-corrected chi connectivity index (χ3v) is 7.56. The summed E-state index contributed by atoms with van der Waals surface area (Å²) in [7, 11) is 0. The summed E-state index contributed by atoms with van der Waals surface area (Å²) in [6, 6.07) is 10.5. The van der Waals surface area contributed by atoms with E-state index in [4.69, 9.17) is 12.6 Å². The standard InChI is InChI=1S/C30H32S.C2H6/c1-3-11-22-24-16-9-8-15-23(24)21(4-2)30-27(22)19-26(25-18-28(25)30)29(31)17-10-14-20-12-6-5-7-13-20;1-2/h5-8,10,12-15,17,19,25,28,31H,3-4,9,11,16,18H2,1-2H3;1-2H3/b14-10+,29-17-;. The SMILES string of the molecule is CC.CCCc1c2c(c(CC)c3c1CCC=C3)C1CC1C(/C(S)=C/C=C/c1ccccc1)=C2. The molecule has 0 bridgehead atoms. The van der Waals surface area contributed by atoms with E-state index >= 15 is 0 Å². The third-order valence-electron chi connectivity index (χ3n) is 7.15. The third kappa shape index (κ3) is 4.71. The first kappa shape index (κ1) is 23.9. The van der Waals surface area contributed by atoms with Gasteiger partial charge in [0, 0.05) is 4.91 Å². The van der Waals surface area contributed by atoms with Crippen molar-refractivity contribution in [1.82, 2.24) is 0 Å². The molecule has 0 N–H and O–H groups in total. The first-order chi connectivity index (χ1) is 16.2. The lowest BCUT2D eigenvalue weighted by molar-refractivity contribution is 0.844. The maximum absolute atomic E-state index is 4.96. The minimum Gasteiger partial charge on any atom is -0.143 e. The minimum absolute atomic E-state index is 0.645. The Hall–Kier alpha value is -2.25. The number of rotatable bonds is 6. The summed E-state index contributed by atoms with van der Waals surface area (Å²) >= 11 is 4.96. The second kappa shape index (κ2) is 10.8. The predicted octanol–water partition coefficient (Wildman–Crippen LogP) is 9.21. The molecular formula is C32H38S. The molecule has 0 nitrogen and oxygen atoms in total. The number of benzene rings is 2. The second-order valence-electron chi connectivity index (χ2n) is 9.09. The van der Waals surface area contributed by atoms with Gasteiger partial charge in [-0.05, 0) is 101 Å². The number of hydrogen-bond donors (Lipinski definition) is 1. The summed E-state index contributed by atoms with van der Waals surface area (Å²) in [5, 5.41) is 0. The summed E-state index contributed by atoms with van der Waals surface area (Å²) in [4.78, 5) is 1.13. The quantitative estimate of drug-likeness (QED) is 0.326. The Morgan fingerprint density at radius 1 is 1.03 bits per heavy atom. The molecule has 0 heterocycles. The molecule has 2 atom stereocenters. The molecule has 2 unspecified atom stereocenters. The molecule has 0 aromatic heterocycles. The molecule has 0 spiro atoms. The van der Waals surface area contributed by atoms with Gasteiger partial charge in [-0.25, -0.2) is 0 Å². The first-order valence-corrected chi connectivity index (χ1v) is 13.4. The average molecular weight is 455 g/mol. The predicted molar refractivity (Wildman–Crippen MR) is 150 cm³/mol. The van der Waals surface area contributed by atoms with Gasteiger partial charge in [-0.1, -0.05) is 88.8 Å². The van der Waals surface area contributed by atoms with Gasteiger partial charge in [-0.15, -0.1) is 12.6 Å². The summed E-state index contributed by atoms with van der Waals surface area (Å²) < 4.78 is 0. The van der Waals surface area contributed by atoms with E-state index in [1.165, 1.54) is 43.2 Å². The van der Waals surface area contributed by atoms with Crippen molar-refractivity contribution >= 4 is 30.9 Å². The Morgan fingerprint density at radius 3 is 2.55 bits per heavy atom. The van der Waals surface area contributed by atoms with Crippen LogP contribution in [-0.2, 0) is 19.3 Å². The topological polar surface area (TPSA) is 0 Å². The van der Waals surface area contributed by atoms with Crippen molar-refractivity contribution in [3.05, 3.63) is 98.0 Å². The molecule has 172 valence electrons. The molecule has 0 saturated heterocycles. The van der Waals surface area contributed by atoms with Crippen LogP contribution in [0.1, 0.15) is 91.8 Å². The molecule has 33 heavy (non-hydrogen) atoms. The summed E-state index contributed by atoms with van der Waals surface area (Å²) in [5.74, 6) is 1.33. The molecule has 0 radical (unpaired) electrons. The lowest BCUT2D eigenvalue weighted by atomic mass is 9.76. The zero-order chi connectivity index (χ0) is 23.4. The van der Waals surface area contributed by atoms with Crippen molar-refractivity contribution < 1.29 is 0 Å². The van der Waals surface area contributed by atoms with Crippen LogP contribution in [0.4, 0.5) is 0 Å². The van der Waals surface area contributed by atoms with Gasteiger partial charge < -0.3 is 0 Å². The monoisotopic (exact) mass is 454 g/mol. The Morgan fingerprint density at radius 2 is 1.82 bits per heavy atom. The van der Waals surface area contributed by atoms with E-state index in [0.29, 0.717) is 11.8 Å². The van der Waals surface area contributed by atoms with Crippen LogP contribution in [0.2, 0.25) is 0 Å². The van der Waals surface area contributed by atoms with Crippen LogP contribution in [-0.4, -0.2) is 0 Å². The molecule has 5 rings (SSSR count). The van der Waals surface area contributed by atoms with Crippen molar-refractivity contribution in [3.8, 4) is 0 Å². The van der Waals surface area contributed by atoms with E-state index < -0.39 is 0 Å². The fraction of sp³-hybridized carbons (Fsp3) is 0.375. The van der Waals surface area contributed by atoms with Crippen molar-refractivity contribution in [2.24, 2.45) is 5.92 Å². The van der Waals surface area contributed by atoms with Crippen molar-refractivity contribution in [2.75, 3.05) is 0 Å². The highest BCUT2D eigenvalue weighted by Gasteiger charge is 2.47. The van der Waals surface area contributed by atoms with Gasteiger partial charge in [0.05, 0.1) is 0 Å². The van der Waals surface area contributed by atoms with Crippen LogP contribution in [0.25, 0.3) is 18.2 Å². The van der Waals surface area contributed by atoms with Gasteiger partial charge in [0.25, 0.3) is 0 Å². The van der Waals surface area contributed by atoms with E-state index in [2.05, 4.69) is 80.6 Å². The molecule has 0 aliphatic heterocycles. The van der Waals surface area contributed by atoms with E-state index in [9.17, 15) is 0 Å². The molecule has 1 heteroatoms. The molecule has 3 aliphatic rings.